The first-order chi connectivity index (χ1) is 43.8. The molecule has 10 amide bonds. The molecule has 9 rings (SSSR count). The largest absolute Gasteiger partial charge is 0.508 e. The van der Waals surface area contributed by atoms with Crippen LogP contribution in [-0.4, -0.2) is 189 Å². The lowest BCUT2D eigenvalue weighted by atomic mass is 10.0. The van der Waals surface area contributed by atoms with Crippen molar-refractivity contribution in [2.24, 2.45) is 0 Å². The van der Waals surface area contributed by atoms with E-state index in [0.717, 1.165) is 10.9 Å². The number of aliphatic carboxylic acids is 1. The lowest BCUT2D eigenvalue weighted by Gasteiger charge is -2.30. The molecule has 2 fully saturated rings. The van der Waals surface area contributed by atoms with Crippen molar-refractivity contribution in [1.82, 2.24) is 82.7 Å². The van der Waals surface area contributed by atoms with Crippen molar-refractivity contribution in [2.45, 2.75) is 119 Å². The zero-order valence-electron chi connectivity index (χ0n) is 49.2. The van der Waals surface area contributed by atoms with Crippen LogP contribution in [0.5, 0.6) is 5.75 Å². The summed E-state index contributed by atoms with van der Waals surface area (Å²) >= 11 is 0. The lowest BCUT2D eigenvalue weighted by Crippen LogP contribution is -2.61. The summed E-state index contributed by atoms with van der Waals surface area (Å²) in [5.41, 5.74) is 3.88. The highest BCUT2D eigenvalue weighted by atomic mass is 16.4. The van der Waals surface area contributed by atoms with Crippen LogP contribution in [0.3, 0.4) is 0 Å². The summed E-state index contributed by atoms with van der Waals surface area (Å²) in [7, 11) is 0. The molecular formula is C61H70N16O14. The zero-order chi connectivity index (χ0) is 64.7. The van der Waals surface area contributed by atoms with Gasteiger partial charge in [-0.1, -0.05) is 48.5 Å². The molecule has 4 aromatic heterocycles. The topological polar surface area (TPSA) is 449 Å². The van der Waals surface area contributed by atoms with E-state index in [1.807, 2.05) is 18.2 Å². The van der Waals surface area contributed by atoms with Crippen LogP contribution in [0.1, 0.15) is 60.7 Å². The number of benzene rings is 3. The van der Waals surface area contributed by atoms with Crippen molar-refractivity contribution in [2.75, 3.05) is 19.7 Å². The summed E-state index contributed by atoms with van der Waals surface area (Å²) < 4.78 is 0. The Bertz CT molecular complexity index is 3770. The molecule has 7 aromatic rings. The molecule has 30 nitrogen and oxygen atoms in total. The van der Waals surface area contributed by atoms with E-state index < -0.39 is 127 Å². The number of carbonyl (C=O) groups is 11. The van der Waals surface area contributed by atoms with E-state index in [9.17, 15) is 68.1 Å². The second-order valence-corrected chi connectivity index (χ2v) is 22.3. The third kappa shape index (κ3) is 16.8. The summed E-state index contributed by atoms with van der Waals surface area (Å²) in [6, 6.07) is 7.85. The molecular weight excluding hydrogens is 1180 g/mol. The quantitative estimate of drug-likeness (QED) is 0.0246. The molecule has 0 bridgehead atoms. The van der Waals surface area contributed by atoms with Gasteiger partial charge in [-0.3, -0.25) is 52.7 Å². The number of nitrogens with one attached hydrogen (secondary N) is 13. The number of aromatic amines is 4. The maximum Gasteiger partial charge on any atom is 0.322 e. The Hall–Kier alpha value is -10.9. The van der Waals surface area contributed by atoms with Gasteiger partial charge in [-0.15, -0.1) is 0 Å². The fourth-order valence-corrected chi connectivity index (χ4v) is 11.0. The van der Waals surface area contributed by atoms with Crippen LogP contribution in [0, 0.1) is 0 Å². The van der Waals surface area contributed by atoms with E-state index in [1.54, 1.807) is 42.7 Å². The van der Waals surface area contributed by atoms with Crippen molar-refractivity contribution >= 4 is 86.8 Å². The zero-order valence-corrected chi connectivity index (χ0v) is 49.2. The number of phenols is 1. The molecule has 91 heavy (non-hydrogen) atoms. The van der Waals surface area contributed by atoms with Gasteiger partial charge in [0.15, 0.2) is 0 Å². The highest BCUT2D eigenvalue weighted by molar-refractivity contribution is 6.00. The van der Waals surface area contributed by atoms with E-state index in [0.29, 0.717) is 45.4 Å². The third-order valence-corrected chi connectivity index (χ3v) is 15.8. The van der Waals surface area contributed by atoms with Crippen molar-refractivity contribution in [3.8, 4) is 5.75 Å². The van der Waals surface area contributed by atoms with Gasteiger partial charge in [0, 0.05) is 103 Å². The number of fused-ring (bicyclic) bond motifs is 2. The molecule has 2 aliphatic heterocycles. The number of aliphatic hydroxyl groups is 1. The van der Waals surface area contributed by atoms with Crippen molar-refractivity contribution in [1.29, 1.82) is 0 Å². The number of likely N-dealkylation sites (tertiary alicyclic amines) is 1. The molecule has 3 aromatic carbocycles. The molecule has 0 radical (unpaired) electrons. The number of carboxylic acid groups (broad SMARTS) is 1. The molecule has 16 N–H and O–H groups in total. The molecule has 9 atom stereocenters. The van der Waals surface area contributed by atoms with Gasteiger partial charge in [0.2, 0.25) is 59.1 Å². The number of carboxylic acids is 1. The van der Waals surface area contributed by atoms with E-state index in [-0.39, 0.29) is 69.6 Å². The highest BCUT2D eigenvalue weighted by Crippen LogP contribution is 2.24. The van der Waals surface area contributed by atoms with Crippen LogP contribution in [-0.2, 0) is 84.8 Å². The Morgan fingerprint density at radius 1 is 0.582 bits per heavy atom. The molecule has 2 saturated heterocycles. The maximum absolute atomic E-state index is 14.7. The number of nitrogens with zero attached hydrogens (tertiary/aromatic N) is 3. The van der Waals surface area contributed by atoms with E-state index in [2.05, 4.69) is 77.8 Å². The summed E-state index contributed by atoms with van der Waals surface area (Å²) in [6.07, 6.45) is 8.89. The molecule has 0 spiro atoms. The number of para-hydroxylation sites is 2. The number of amides is 10. The van der Waals surface area contributed by atoms with E-state index in [4.69, 9.17) is 0 Å². The van der Waals surface area contributed by atoms with Crippen molar-refractivity contribution in [3.63, 3.8) is 0 Å². The van der Waals surface area contributed by atoms with Crippen molar-refractivity contribution in [3.05, 3.63) is 138 Å². The lowest BCUT2D eigenvalue weighted by molar-refractivity contribution is -0.143. The number of rotatable bonds is 29. The molecule has 2 aliphatic rings. The highest BCUT2D eigenvalue weighted by Gasteiger charge is 2.40. The summed E-state index contributed by atoms with van der Waals surface area (Å²) in [6.45, 7) is -0.283. The molecule has 30 heteroatoms. The van der Waals surface area contributed by atoms with Crippen molar-refractivity contribution < 1.29 is 68.1 Å². The van der Waals surface area contributed by atoms with Gasteiger partial charge in [-0.05, 0) is 67.1 Å². The number of aliphatic hydroxyl groups excluding tert-OH is 1. The molecule has 0 saturated carbocycles. The van der Waals surface area contributed by atoms with E-state index >= 15 is 0 Å². The Morgan fingerprint density at radius 3 is 1.64 bits per heavy atom. The normalized spacial score (nSPS) is 16.9. The number of imidazole rings is 2. The minimum atomic E-state index is -1.77. The first kappa shape index (κ1) is 64.6. The average molecular weight is 1250 g/mol. The summed E-state index contributed by atoms with van der Waals surface area (Å²) in [5.74, 6) is -9.26. The number of carbonyl (C=O) groups excluding carboxylic acids is 10. The Kier molecular flexibility index (Phi) is 21.2. The van der Waals surface area contributed by atoms with E-state index in [1.165, 1.54) is 61.1 Å². The minimum absolute atomic E-state index is 0.0888. The number of H-pyrrole nitrogens is 4. The van der Waals surface area contributed by atoms with Gasteiger partial charge in [0.05, 0.1) is 19.3 Å². The first-order valence-electron chi connectivity index (χ1n) is 29.5. The van der Waals surface area contributed by atoms with Crippen LogP contribution in [0.15, 0.2) is 110 Å². The van der Waals surface area contributed by atoms with Crippen LogP contribution < -0.4 is 47.9 Å². The Labute approximate surface area is 518 Å². The first-order valence-corrected chi connectivity index (χ1v) is 29.5. The Balaban J connectivity index is 0.911. The number of aromatic hydroxyl groups is 1. The summed E-state index contributed by atoms with van der Waals surface area (Å²) in [4.78, 5) is 173. The van der Waals surface area contributed by atoms with Gasteiger partial charge in [0.1, 0.15) is 66.7 Å². The predicted octanol–water partition coefficient (Wildman–Crippen LogP) is -1.81. The van der Waals surface area contributed by atoms with Crippen LogP contribution >= 0.6 is 0 Å². The maximum atomic E-state index is 14.7. The molecule has 6 heterocycles. The van der Waals surface area contributed by atoms with Crippen LogP contribution in [0.25, 0.3) is 21.8 Å². The second kappa shape index (κ2) is 29.9. The number of aromatic nitrogens is 6. The number of phenolic OH excluding ortho intramolecular Hbond substituents is 1. The van der Waals surface area contributed by atoms with Crippen LogP contribution in [0.2, 0.25) is 0 Å². The number of hydrogen-bond donors (Lipinski definition) is 16. The SMILES string of the molecule is C[C@@H](NC(=O)[C@H](Cc1cnc[nH]1)NC(=O)[C@H](CO)NC(=O)[C@H](Cc1c[nH]c2ccccc12)NC(=O)[C@H](Cc1cnc[nH]1)NC(=O)[C@@H]1CCC(=O)N1)C(=O)N[C@@H](Cc1ccc(O)cc1)C(=O)N[C@@H](Cc1c[nH]c2ccccc12)C(=O)N1CCC[C@H]1C(=O)NCC(=O)O. The minimum Gasteiger partial charge on any atom is -0.508 e. The van der Waals surface area contributed by atoms with Gasteiger partial charge in [-0.2, -0.15) is 0 Å². The fourth-order valence-electron chi connectivity index (χ4n) is 11.0. The standard InChI is InChI=1S/C61H70N16O14/c1-32(53(83)71-44(19-33-12-14-38(79)15-13-33)56(86)75-48(21-35-25-65-42-10-5-3-8-40(35)42)61(91)77-18-6-11-50(77)60(90)66-28-52(81)82)69-55(85)46(22-36-26-62-30-67-36)74-59(89)49(29-78)76-57(87)45(20-34-24-64-41-9-4-2-7-39(34)41)72-58(88)47(23-37-27-63-31-68-37)73-54(84)43-16-17-51(80)70-43/h2-5,7-10,12-15,24-27,30-32,43-50,64-65,78-79H,6,11,16-23,28-29H2,1H3,(H,62,67)(H,63,68)(H,66,90)(H,69,85)(H,70,80)(H,71,83)(H,72,88)(H,73,84)(H,74,89)(H,75,86)(H,76,87)(H,81,82)/t32-,43+,44+,45+,46+,47+,48+,49+,50+/m1/s1. The molecule has 0 aliphatic carbocycles. The number of hydrogen-bond acceptors (Lipinski definition) is 15. The molecule has 478 valence electrons. The summed E-state index contributed by atoms with van der Waals surface area (Å²) in [5, 5.41) is 54.9. The second-order valence-electron chi connectivity index (χ2n) is 22.3. The van der Waals surface area contributed by atoms with Crippen LogP contribution in [0.4, 0.5) is 0 Å². The molecule has 0 unspecified atom stereocenters. The van der Waals surface area contributed by atoms with Gasteiger partial charge in [-0.25, -0.2) is 9.97 Å². The van der Waals surface area contributed by atoms with Gasteiger partial charge in [0.25, 0.3) is 0 Å². The predicted molar refractivity (Wildman–Crippen MR) is 323 cm³/mol. The smallest absolute Gasteiger partial charge is 0.322 e. The fraction of sp³-hybridized carbons (Fsp3) is 0.361. The Morgan fingerprint density at radius 2 is 1.09 bits per heavy atom. The van der Waals surface area contributed by atoms with Gasteiger partial charge < -0.3 is 88.0 Å². The third-order valence-electron chi connectivity index (χ3n) is 15.8. The monoisotopic (exact) mass is 1250 g/mol. The van der Waals surface area contributed by atoms with Gasteiger partial charge >= 0.3 is 5.97 Å². The average Bonchev–Trinajstić information content (AvgIpc) is 1.80.